The summed E-state index contributed by atoms with van der Waals surface area (Å²) >= 11 is 0. The van der Waals surface area contributed by atoms with Crippen LogP contribution < -0.4 is 9.47 Å². The molecule has 0 unspecified atom stereocenters. The van der Waals surface area contributed by atoms with Crippen LogP contribution >= 0.6 is 0 Å². The number of sulfonamides is 1. The molecule has 1 fully saturated rings. The maximum Gasteiger partial charge on any atom is 0.243 e. The summed E-state index contributed by atoms with van der Waals surface area (Å²) < 4.78 is 43.2. The Labute approximate surface area is 179 Å². The summed E-state index contributed by atoms with van der Waals surface area (Å²) in [5.74, 6) is 1.54. The van der Waals surface area contributed by atoms with Crippen LogP contribution in [0.1, 0.15) is 12.5 Å². The van der Waals surface area contributed by atoms with Crippen molar-refractivity contribution < 1.29 is 22.6 Å². The predicted octanol–water partition coefficient (Wildman–Crippen LogP) is 2.62. The second-order valence-electron chi connectivity index (χ2n) is 7.15. The van der Waals surface area contributed by atoms with Crippen molar-refractivity contribution in [3.8, 4) is 11.5 Å². The Morgan fingerprint density at radius 3 is 2.20 bits per heavy atom. The van der Waals surface area contributed by atoms with Crippen molar-refractivity contribution in [2.45, 2.75) is 18.4 Å². The highest BCUT2D eigenvalue weighted by Crippen LogP contribution is 2.20. The Morgan fingerprint density at radius 1 is 0.967 bits per heavy atom. The molecule has 0 radical (unpaired) electrons. The van der Waals surface area contributed by atoms with Crippen LogP contribution in [0.25, 0.3) is 0 Å². The van der Waals surface area contributed by atoms with E-state index >= 15 is 0 Å². The highest BCUT2D eigenvalue weighted by molar-refractivity contribution is 7.89. The average Bonchev–Trinajstić information content (AvgIpc) is 2.76. The lowest BCUT2D eigenvalue weighted by Crippen LogP contribution is -2.40. The number of ether oxygens (including phenoxy) is 3. The molecule has 0 aliphatic carbocycles. The largest absolute Gasteiger partial charge is 0.494 e. The van der Waals surface area contributed by atoms with Gasteiger partial charge in [0.25, 0.3) is 0 Å². The first kappa shape index (κ1) is 22.6. The van der Waals surface area contributed by atoms with Crippen LogP contribution in [0.15, 0.2) is 53.4 Å². The molecule has 3 rings (SSSR count). The Hall–Kier alpha value is -2.13. The highest BCUT2D eigenvalue weighted by atomic mass is 32.2. The topological polar surface area (TPSA) is 68.3 Å². The van der Waals surface area contributed by atoms with Crippen molar-refractivity contribution in [1.29, 1.82) is 0 Å². The summed E-state index contributed by atoms with van der Waals surface area (Å²) in [7, 11) is -1.43. The maximum atomic E-state index is 12.6. The third-order valence-corrected chi connectivity index (χ3v) is 6.77. The molecule has 30 heavy (non-hydrogen) atoms. The second kappa shape index (κ2) is 10.8. The Morgan fingerprint density at radius 2 is 1.57 bits per heavy atom. The molecule has 164 valence electrons. The Balaban J connectivity index is 1.45. The van der Waals surface area contributed by atoms with E-state index in [1.54, 1.807) is 24.3 Å². The first-order valence-electron chi connectivity index (χ1n) is 10.2. The third-order valence-electron chi connectivity index (χ3n) is 4.86. The lowest BCUT2D eigenvalue weighted by atomic mass is 10.2. The first-order chi connectivity index (χ1) is 14.5. The monoisotopic (exact) mass is 434 g/mol. The van der Waals surface area contributed by atoms with Gasteiger partial charge in [-0.2, -0.15) is 4.31 Å². The number of morpholine rings is 1. The number of nitrogens with zero attached hydrogens (tertiary/aromatic N) is 2. The van der Waals surface area contributed by atoms with Gasteiger partial charge in [0, 0.05) is 26.2 Å². The van der Waals surface area contributed by atoms with Gasteiger partial charge in [0.2, 0.25) is 10.0 Å². The molecule has 1 heterocycles. The SMILES string of the molecule is CCOc1ccc(CN(C)CCOc2ccc(S(=O)(=O)N3CCOCC3)cc2)cc1. The van der Waals surface area contributed by atoms with Crippen LogP contribution in [0.5, 0.6) is 11.5 Å². The normalized spacial score (nSPS) is 15.3. The van der Waals surface area contributed by atoms with Gasteiger partial charge in [0.15, 0.2) is 0 Å². The van der Waals surface area contributed by atoms with Crippen LogP contribution in [-0.4, -0.2) is 70.7 Å². The Kier molecular flexibility index (Phi) is 8.09. The molecule has 0 aromatic heterocycles. The zero-order valence-electron chi connectivity index (χ0n) is 17.6. The number of likely N-dealkylation sites (N-methyl/N-ethyl adjacent to an activating group) is 1. The third kappa shape index (κ3) is 6.18. The molecule has 0 bridgehead atoms. The van der Waals surface area contributed by atoms with Crippen LogP contribution in [0, 0.1) is 0 Å². The highest BCUT2D eigenvalue weighted by Gasteiger charge is 2.26. The molecule has 0 N–H and O–H groups in total. The lowest BCUT2D eigenvalue weighted by Gasteiger charge is -2.26. The van der Waals surface area contributed by atoms with Gasteiger partial charge in [-0.15, -0.1) is 0 Å². The standard InChI is InChI=1S/C22H30N2O5S/c1-3-28-20-6-4-19(5-7-20)18-23(2)12-17-29-21-8-10-22(11-9-21)30(25,26)24-13-15-27-16-14-24/h4-11H,3,12-18H2,1-2H3. The number of hydrogen-bond donors (Lipinski definition) is 0. The van der Waals surface area contributed by atoms with Gasteiger partial charge in [0.1, 0.15) is 18.1 Å². The van der Waals surface area contributed by atoms with Crippen molar-refractivity contribution in [3.05, 3.63) is 54.1 Å². The minimum atomic E-state index is -3.47. The fourth-order valence-corrected chi connectivity index (χ4v) is 4.62. The summed E-state index contributed by atoms with van der Waals surface area (Å²) in [4.78, 5) is 2.46. The van der Waals surface area contributed by atoms with E-state index in [0.29, 0.717) is 45.3 Å². The molecule has 7 nitrogen and oxygen atoms in total. The molecule has 2 aromatic rings. The molecule has 0 spiro atoms. The molecule has 1 aliphatic heterocycles. The average molecular weight is 435 g/mol. The van der Waals surface area contributed by atoms with Crippen molar-refractivity contribution in [3.63, 3.8) is 0 Å². The van der Waals surface area contributed by atoms with E-state index in [1.165, 1.54) is 9.87 Å². The Bertz CT molecular complexity index is 879. The first-order valence-corrected chi connectivity index (χ1v) is 11.6. The molecule has 1 saturated heterocycles. The minimum absolute atomic E-state index is 0.282. The van der Waals surface area contributed by atoms with E-state index < -0.39 is 10.0 Å². The van der Waals surface area contributed by atoms with E-state index in [2.05, 4.69) is 17.0 Å². The van der Waals surface area contributed by atoms with E-state index in [4.69, 9.17) is 14.2 Å². The molecule has 0 amide bonds. The van der Waals surface area contributed by atoms with Gasteiger partial charge in [0.05, 0.1) is 24.7 Å². The smallest absolute Gasteiger partial charge is 0.243 e. The fourth-order valence-electron chi connectivity index (χ4n) is 3.21. The zero-order valence-corrected chi connectivity index (χ0v) is 18.4. The summed E-state index contributed by atoms with van der Waals surface area (Å²) in [6.07, 6.45) is 0. The van der Waals surface area contributed by atoms with Gasteiger partial charge >= 0.3 is 0 Å². The maximum absolute atomic E-state index is 12.6. The van der Waals surface area contributed by atoms with Crippen LogP contribution in [-0.2, 0) is 21.3 Å². The quantitative estimate of drug-likeness (QED) is 0.573. The van der Waals surface area contributed by atoms with Crippen molar-refractivity contribution >= 4 is 10.0 Å². The van der Waals surface area contributed by atoms with Crippen LogP contribution in [0.2, 0.25) is 0 Å². The van der Waals surface area contributed by atoms with E-state index in [9.17, 15) is 8.42 Å². The minimum Gasteiger partial charge on any atom is -0.494 e. The summed E-state index contributed by atoms with van der Waals surface area (Å²) in [5, 5.41) is 0. The van der Waals surface area contributed by atoms with Gasteiger partial charge in [-0.05, 0) is 55.9 Å². The molecular formula is C22H30N2O5S. The molecule has 1 aliphatic rings. The molecule has 0 atom stereocenters. The van der Waals surface area contributed by atoms with E-state index in [1.807, 2.05) is 26.1 Å². The number of rotatable bonds is 10. The van der Waals surface area contributed by atoms with Gasteiger partial charge in [-0.25, -0.2) is 8.42 Å². The van der Waals surface area contributed by atoms with Crippen molar-refractivity contribution in [2.24, 2.45) is 0 Å². The van der Waals surface area contributed by atoms with Gasteiger partial charge in [-0.3, -0.25) is 4.90 Å². The number of hydrogen-bond acceptors (Lipinski definition) is 6. The van der Waals surface area contributed by atoms with Gasteiger partial charge in [-0.1, -0.05) is 12.1 Å². The van der Waals surface area contributed by atoms with Crippen LogP contribution in [0.4, 0.5) is 0 Å². The molecule has 2 aromatic carbocycles. The van der Waals surface area contributed by atoms with E-state index in [-0.39, 0.29) is 4.90 Å². The number of benzene rings is 2. The fraction of sp³-hybridized carbons (Fsp3) is 0.455. The summed E-state index contributed by atoms with van der Waals surface area (Å²) in [5.41, 5.74) is 1.21. The second-order valence-corrected chi connectivity index (χ2v) is 9.09. The summed E-state index contributed by atoms with van der Waals surface area (Å²) in [6.45, 7) is 6.36. The van der Waals surface area contributed by atoms with Crippen molar-refractivity contribution in [1.82, 2.24) is 9.21 Å². The molecular weight excluding hydrogens is 404 g/mol. The van der Waals surface area contributed by atoms with Gasteiger partial charge < -0.3 is 14.2 Å². The van der Waals surface area contributed by atoms with E-state index in [0.717, 1.165) is 18.8 Å². The van der Waals surface area contributed by atoms with Crippen LogP contribution in [0.3, 0.4) is 0 Å². The summed E-state index contributed by atoms with van der Waals surface area (Å²) in [6, 6.07) is 14.7. The van der Waals surface area contributed by atoms with Crippen molar-refractivity contribution in [2.75, 3.05) is 53.1 Å². The molecule has 0 saturated carbocycles. The predicted molar refractivity (Wildman–Crippen MR) is 115 cm³/mol. The molecule has 8 heteroatoms. The lowest BCUT2D eigenvalue weighted by molar-refractivity contribution is 0.0730. The zero-order chi connectivity index (χ0) is 21.4.